The molecular formula is C17H21N3OS. The van der Waals surface area contributed by atoms with E-state index in [9.17, 15) is 4.79 Å². The van der Waals surface area contributed by atoms with Gasteiger partial charge in [-0.25, -0.2) is 4.79 Å². The first-order chi connectivity index (χ1) is 10.8. The highest BCUT2D eigenvalue weighted by atomic mass is 32.1. The molecule has 1 aromatic heterocycles. The van der Waals surface area contributed by atoms with Crippen molar-refractivity contribution in [2.45, 2.75) is 25.4 Å². The number of benzene rings is 1. The molecule has 1 aliphatic rings. The maximum Gasteiger partial charge on any atom is 0.320 e. The molecule has 1 fully saturated rings. The molecule has 0 spiro atoms. The van der Waals surface area contributed by atoms with Crippen LogP contribution in [-0.2, 0) is 6.54 Å². The highest BCUT2D eigenvalue weighted by Crippen LogP contribution is 2.16. The van der Waals surface area contributed by atoms with Crippen molar-refractivity contribution in [1.82, 2.24) is 10.2 Å². The van der Waals surface area contributed by atoms with Crippen LogP contribution in [-0.4, -0.2) is 30.1 Å². The molecule has 0 atom stereocenters. The second-order valence-electron chi connectivity index (χ2n) is 5.61. The Hall–Kier alpha value is -1.85. The van der Waals surface area contributed by atoms with E-state index in [1.807, 2.05) is 23.6 Å². The van der Waals surface area contributed by atoms with Gasteiger partial charge in [0.2, 0.25) is 0 Å². The Labute approximate surface area is 135 Å². The number of nitrogens with zero attached hydrogens (tertiary/aromatic N) is 1. The lowest BCUT2D eigenvalue weighted by atomic mass is 10.0. The van der Waals surface area contributed by atoms with Gasteiger partial charge in [-0.1, -0.05) is 30.3 Å². The summed E-state index contributed by atoms with van der Waals surface area (Å²) in [5, 5.41) is 8.79. The highest BCUT2D eigenvalue weighted by molar-refractivity contribution is 7.14. The summed E-state index contributed by atoms with van der Waals surface area (Å²) in [6.45, 7) is 3.05. The molecule has 0 saturated carbocycles. The summed E-state index contributed by atoms with van der Waals surface area (Å²) in [5.74, 6) is 0. The standard InChI is InChI=1S/C17H21N3OS/c21-17(19-16-7-4-12-22-16)18-15-8-10-20(11-9-15)13-14-5-2-1-3-6-14/h1-7,12,15H,8-11,13H2,(H2,18,19,21). The number of nitrogens with one attached hydrogen (secondary N) is 2. The van der Waals surface area contributed by atoms with E-state index in [0.717, 1.165) is 37.5 Å². The Kier molecular flexibility index (Phi) is 5.08. The molecule has 1 aliphatic heterocycles. The number of carbonyl (C=O) groups excluding carboxylic acids is 1. The van der Waals surface area contributed by atoms with Crippen molar-refractivity contribution < 1.29 is 4.79 Å². The summed E-state index contributed by atoms with van der Waals surface area (Å²) in [6, 6.07) is 14.6. The molecule has 22 heavy (non-hydrogen) atoms. The zero-order valence-electron chi connectivity index (χ0n) is 12.5. The molecule has 3 rings (SSSR count). The summed E-state index contributed by atoms with van der Waals surface area (Å²) >= 11 is 1.53. The van der Waals surface area contributed by atoms with Gasteiger partial charge in [0, 0.05) is 25.7 Å². The molecule has 0 bridgehead atoms. The largest absolute Gasteiger partial charge is 0.335 e. The molecule has 0 unspecified atom stereocenters. The Balaban J connectivity index is 1.41. The maximum atomic E-state index is 11.9. The van der Waals surface area contributed by atoms with Crippen LogP contribution >= 0.6 is 11.3 Å². The molecular weight excluding hydrogens is 294 g/mol. The second kappa shape index (κ2) is 7.42. The number of amides is 2. The number of hydrogen-bond acceptors (Lipinski definition) is 3. The van der Waals surface area contributed by atoms with Crippen LogP contribution in [0.1, 0.15) is 18.4 Å². The molecule has 2 amide bonds. The molecule has 2 N–H and O–H groups in total. The quantitative estimate of drug-likeness (QED) is 0.906. The molecule has 5 heteroatoms. The summed E-state index contributed by atoms with van der Waals surface area (Å²) in [6.07, 6.45) is 2.01. The molecule has 0 radical (unpaired) electrons. The number of piperidine rings is 1. The lowest BCUT2D eigenvalue weighted by molar-refractivity contribution is 0.190. The SMILES string of the molecule is O=C(Nc1cccs1)NC1CCN(Cc2ccccc2)CC1. The fraction of sp³-hybridized carbons (Fsp3) is 0.353. The van der Waals surface area contributed by atoms with Crippen LogP contribution in [0.2, 0.25) is 0 Å². The van der Waals surface area contributed by atoms with E-state index in [-0.39, 0.29) is 12.1 Å². The topological polar surface area (TPSA) is 44.4 Å². The highest BCUT2D eigenvalue weighted by Gasteiger charge is 2.20. The third kappa shape index (κ3) is 4.32. The van der Waals surface area contributed by atoms with Crippen LogP contribution in [0.3, 0.4) is 0 Å². The third-order valence-electron chi connectivity index (χ3n) is 3.93. The number of hydrogen-bond donors (Lipinski definition) is 2. The molecule has 1 aromatic carbocycles. The van der Waals surface area contributed by atoms with Gasteiger partial charge in [0.05, 0.1) is 5.00 Å². The van der Waals surface area contributed by atoms with Crippen molar-refractivity contribution in [3.63, 3.8) is 0 Å². The van der Waals surface area contributed by atoms with Crippen LogP contribution in [0.4, 0.5) is 9.80 Å². The van der Waals surface area contributed by atoms with Gasteiger partial charge in [-0.2, -0.15) is 0 Å². The fourth-order valence-corrected chi connectivity index (χ4v) is 3.37. The normalized spacial score (nSPS) is 16.4. The monoisotopic (exact) mass is 315 g/mol. The average Bonchev–Trinajstić information content (AvgIpc) is 3.03. The van der Waals surface area contributed by atoms with Gasteiger partial charge in [-0.3, -0.25) is 10.2 Å². The van der Waals surface area contributed by atoms with Crippen LogP contribution in [0.25, 0.3) is 0 Å². The van der Waals surface area contributed by atoms with Gasteiger partial charge in [-0.05, 0) is 35.9 Å². The van der Waals surface area contributed by atoms with E-state index < -0.39 is 0 Å². The number of urea groups is 1. The first-order valence-electron chi connectivity index (χ1n) is 7.67. The van der Waals surface area contributed by atoms with Crippen molar-refractivity contribution in [3.8, 4) is 0 Å². The van der Waals surface area contributed by atoms with Crippen molar-refractivity contribution >= 4 is 22.4 Å². The van der Waals surface area contributed by atoms with Gasteiger partial charge in [0.15, 0.2) is 0 Å². The first-order valence-corrected chi connectivity index (χ1v) is 8.55. The Bertz CT molecular complexity index is 577. The minimum atomic E-state index is -0.0936. The van der Waals surface area contributed by atoms with Gasteiger partial charge in [0.1, 0.15) is 0 Å². The van der Waals surface area contributed by atoms with Gasteiger partial charge in [-0.15, -0.1) is 11.3 Å². The molecule has 2 heterocycles. The third-order valence-corrected chi connectivity index (χ3v) is 4.72. The van der Waals surface area contributed by atoms with Crippen molar-refractivity contribution in [1.29, 1.82) is 0 Å². The zero-order valence-corrected chi connectivity index (χ0v) is 13.3. The van der Waals surface area contributed by atoms with Gasteiger partial charge in [0.25, 0.3) is 0 Å². The maximum absolute atomic E-state index is 11.9. The zero-order chi connectivity index (χ0) is 15.2. The summed E-state index contributed by atoms with van der Waals surface area (Å²) in [5.41, 5.74) is 1.35. The number of carbonyl (C=O) groups is 1. The van der Waals surface area contributed by atoms with E-state index in [4.69, 9.17) is 0 Å². The van der Waals surface area contributed by atoms with Crippen LogP contribution < -0.4 is 10.6 Å². The number of thiophene rings is 1. The predicted octanol–water partition coefficient (Wildman–Crippen LogP) is 3.53. The Morgan fingerprint density at radius 1 is 1.14 bits per heavy atom. The minimum Gasteiger partial charge on any atom is -0.335 e. The Morgan fingerprint density at radius 3 is 2.59 bits per heavy atom. The minimum absolute atomic E-state index is 0.0936. The predicted molar refractivity (Wildman–Crippen MR) is 91.2 cm³/mol. The van der Waals surface area contributed by atoms with Gasteiger partial charge < -0.3 is 5.32 Å². The summed E-state index contributed by atoms with van der Waals surface area (Å²) in [7, 11) is 0. The van der Waals surface area contributed by atoms with Crippen molar-refractivity contribution in [3.05, 3.63) is 53.4 Å². The van der Waals surface area contributed by atoms with Crippen molar-refractivity contribution in [2.75, 3.05) is 18.4 Å². The van der Waals surface area contributed by atoms with Crippen LogP contribution in [0.15, 0.2) is 47.8 Å². The van der Waals surface area contributed by atoms with Crippen LogP contribution in [0.5, 0.6) is 0 Å². The summed E-state index contributed by atoms with van der Waals surface area (Å²) in [4.78, 5) is 14.4. The smallest absolute Gasteiger partial charge is 0.320 e. The first kappa shape index (κ1) is 15.1. The molecule has 116 valence electrons. The average molecular weight is 315 g/mol. The second-order valence-corrected chi connectivity index (χ2v) is 6.56. The molecule has 2 aromatic rings. The fourth-order valence-electron chi connectivity index (χ4n) is 2.76. The van der Waals surface area contributed by atoms with Crippen LogP contribution in [0, 0.1) is 0 Å². The van der Waals surface area contributed by atoms with E-state index in [1.54, 1.807) is 0 Å². The van der Waals surface area contributed by atoms with E-state index in [0.29, 0.717) is 0 Å². The number of likely N-dealkylation sites (tertiary alicyclic amines) is 1. The number of anilines is 1. The molecule has 4 nitrogen and oxygen atoms in total. The Morgan fingerprint density at radius 2 is 1.91 bits per heavy atom. The van der Waals surface area contributed by atoms with Crippen molar-refractivity contribution in [2.24, 2.45) is 0 Å². The van der Waals surface area contributed by atoms with E-state index >= 15 is 0 Å². The van der Waals surface area contributed by atoms with Gasteiger partial charge >= 0.3 is 6.03 Å². The number of rotatable bonds is 4. The van der Waals surface area contributed by atoms with E-state index in [2.05, 4.69) is 39.8 Å². The summed E-state index contributed by atoms with van der Waals surface area (Å²) < 4.78 is 0. The molecule has 0 aliphatic carbocycles. The molecule has 1 saturated heterocycles. The lowest BCUT2D eigenvalue weighted by Crippen LogP contribution is -2.45. The van der Waals surface area contributed by atoms with E-state index in [1.165, 1.54) is 16.9 Å². The lowest BCUT2D eigenvalue weighted by Gasteiger charge is -2.32.